The average Bonchev–Trinajstić information content (AvgIpc) is 2.35. The Morgan fingerprint density at radius 1 is 0.889 bits per heavy atom. The van der Waals surface area contributed by atoms with Gasteiger partial charge in [-0.05, 0) is 42.3 Å². The van der Waals surface area contributed by atoms with Crippen molar-refractivity contribution in [1.29, 1.82) is 0 Å². The number of rotatable bonds is 3. The van der Waals surface area contributed by atoms with Crippen molar-refractivity contribution in [1.82, 2.24) is 0 Å². The van der Waals surface area contributed by atoms with Crippen LogP contribution >= 0.6 is 0 Å². The van der Waals surface area contributed by atoms with Crippen LogP contribution < -0.4 is 5.32 Å². The highest BCUT2D eigenvalue weighted by molar-refractivity contribution is 5.45. The third kappa shape index (κ3) is 2.83. The van der Waals surface area contributed by atoms with Crippen LogP contribution in [0.4, 0.5) is 18.9 Å². The fraction of sp³-hybridized carbons (Fsp3) is 0.143. The summed E-state index contributed by atoms with van der Waals surface area (Å²) in [5.74, 6) is -2.06. The maximum absolute atomic E-state index is 13.3. The van der Waals surface area contributed by atoms with Crippen molar-refractivity contribution < 1.29 is 13.2 Å². The summed E-state index contributed by atoms with van der Waals surface area (Å²) in [5, 5.41) is 2.95. The second-order valence-corrected chi connectivity index (χ2v) is 4.07. The van der Waals surface area contributed by atoms with Crippen LogP contribution in [0.25, 0.3) is 0 Å². The Labute approximate surface area is 103 Å². The predicted molar refractivity (Wildman–Crippen MR) is 64.8 cm³/mol. The first kappa shape index (κ1) is 12.5. The van der Waals surface area contributed by atoms with Crippen LogP contribution in [0, 0.1) is 24.4 Å². The van der Waals surface area contributed by atoms with E-state index in [1.54, 1.807) is 19.1 Å². The van der Waals surface area contributed by atoms with Crippen LogP contribution in [0.5, 0.6) is 0 Å². The van der Waals surface area contributed by atoms with E-state index in [-0.39, 0.29) is 5.82 Å². The molecule has 1 N–H and O–H groups in total. The number of anilines is 1. The van der Waals surface area contributed by atoms with E-state index in [1.807, 2.05) is 0 Å². The van der Waals surface area contributed by atoms with Crippen LogP contribution in [0.2, 0.25) is 0 Å². The molecule has 2 aromatic rings. The molecule has 2 rings (SSSR count). The standard InChI is InChI=1S/C14H12F3N/c1-9-2-4-11(7-13(9)16)18-8-10-3-5-12(15)14(17)6-10/h2-7,18H,8H2,1H3. The Balaban J connectivity index is 2.06. The summed E-state index contributed by atoms with van der Waals surface area (Å²) in [6.07, 6.45) is 0. The number of aryl methyl sites for hydroxylation is 1. The first-order valence-corrected chi connectivity index (χ1v) is 5.50. The second-order valence-electron chi connectivity index (χ2n) is 4.07. The first-order chi connectivity index (χ1) is 8.56. The minimum atomic E-state index is -0.885. The molecule has 0 unspecified atom stereocenters. The van der Waals surface area contributed by atoms with E-state index in [9.17, 15) is 13.2 Å². The van der Waals surface area contributed by atoms with Crippen molar-refractivity contribution in [2.75, 3.05) is 5.32 Å². The largest absolute Gasteiger partial charge is 0.381 e. The molecule has 0 bridgehead atoms. The Morgan fingerprint density at radius 3 is 2.33 bits per heavy atom. The zero-order valence-corrected chi connectivity index (χ0v) is 9.81. The third-order valence-corrected chi connectivity index (χ3v) is 2.65. The maximum Gasteiger partial charge on any atom is 0.159 e. The minimum Gasteiger partial charge on any atom is -0.381 e. The first-order valence-electron chi connectivity index (χ1n) is 5.50. The number of nitrogens with one attached hydrogen (secondary N) is 1. The molecule has 0 aliphatic carbocycles. The summed E-state index contributed by atoms with van der Waals surface area (Å²) in [4.78, 5) is 0. The molecule has 94 valence electrons. The molecule has 0 aliphatic heterocycles. The van der Waals surface area contributed by atoms with Crippen molar-refractivity contribution in [3.05, 3.63) is 65.0 Å². The molecule has 0 radical (unpaired) electrons. The van der Waals surface area contributed by atoms with Crippen molar-refractivity contribution in [2.24, 2.45) is 0 Å². The van der Waals surface area contributed by atoms with Gasteiger partial charge in [-0.25, -0.2) is 13.2 Å². The van der Waals surface area contributed by atoms with Crippen LogP contribution in [0.3, 0.4) is 0 Å². The molecule has 0 aliphatic rings. The van der Waals surface area contributed by atoms with Gasteiger partial charge in [0.2, 0.25) is 0 Å². The third-order valence-electron chi connectivity index (χ3n) is 2.65. The lowest BCUT2D eigenvalue weighted by atomic mass is 10.2. The molecule has 0 aromatic heterocycles. The molecule has 0 spiro atoms. The van der Waals surface area contributed by atoms with Gasteiger partial charge in [0.05, 0.1) is 0 Å². The normalized spacial score (nSPS) is 10.4. The summed E-state index contributed by atoms with van der Waals surface area (Å²) in [6.45, 7) is 1.98. The van der Waals surface area contributed by atoms with Gasteiger partial charge in [0, 0.05) is 12.2 Å². The lowest BCUT2D eigenvalue weighted by Gasteiger charge is -2.08. The summed E-state index contributed by atoms with van der Waals surface area (Å²) in [5.41, 5.74) is 1.76. The zero-order valence-electron chi connectivity index (χ0n) is 9.81. The van der Waals surface area contributed by atoms with Gasteiger partial charge < -0.3 is 5.32 Å². The van der Waals surface area contributed by atoms with Gasteiger partial charge in [-0.15, -0.1) is 0 Å². The van der Waals surface area contributed by atoms with E-state index >= 15 is 0 Å². The highest BCUT2D eigenvalue weighted by Crippen LogP contribution is 2.15. The molecule has 0 saturated heterocycles. The molecule has 0 saturated carbocycles. The Hall–Kier alpha value is -1.97. The van der Waals surface area contributed by atoms with E-state index in [4.69, 9.17) is 0 Å². The Morgan fingerprint density at radius 2 is 1.67 bits per heavy atom. The Kier molecular flexibility index (Phi) is 3.55. The van der Waals surface area contributed by atoms with Gasteiger partial charge in [-0.3, -0.25) is 0 Å². The SMILES string of the molecule is Cc1ccc(NCc2ccc(F)c(F)c2)cc1F. The summed E-state index contributed by atoms with van der Waals surface area (Å²) in [7, 11) is 0. The van der Waals surface area contributed by atoms with Crippen LogP contribution in [0.15, 0.2) is 36.4 Å². The fourth-order valence-electron chi connectivity index (χ4n) is 1.56. The van der Waals surface area contributed by atoms with Crippen LogP contribution in [-0.4, -0.2) is 0 Å². The van der Waals surface area contributed by atoms with Crippen molar-refractivity contribution in [3.8, 4) is 0 Å². The van der Waals surface area contributed by atoms with Crippen molar-refractivity contribution >= 4 is 5.69 Å². The van der Waals surface area contributed by atoms with E-state index in [0.29, 0.717) is 23.4 Å². The minimum absolute atomic E-state index is 0.301. The lowest BCUT2D eigenvalue weighted by molar-refractivity contribution is 0.507. The number of benzene rings is 2. The molecule has 1 nitrogen and oxygen atoms in total. The molecule has 0 amide bonds. The molecular weight excluding hydrogens is 239 g/mol. The molecule has 2 aromatic carbocycles. The van der Waals surface area contributed by atoms with Gasteiger partial charge in [-0.2, -0.15) is 0 Å². The summed E-state index contributed by atoms with van der Waals surface area (Å²) >= 11 is 0. The number of hydrogen-bond donors (Lipinski definition) is 1. The molecule has 0 fully saturated rings. The highest BCUT2D eigenvalue weighted by Gasteiger charge is 2.03. The van der Waals surface area contributed by atoms with Gasteiger partial charge in [0.1, 0.15) is 5.82 Å². The lowest BCUT2D eigenvalue weighted by Crippen LogP contribution is -2.01. The molecule has 18 heavy (non-hydrogen) atoms. The van der Waals surface area contributed by atoms with Gasteiger partial charge in [0.15, 0.2) is 11.6 Å². The fourth-order valence-corrected chi connectivity index (χ4v) is 1.56. The van der Waals surface area contributed by atoms with Gasteiger partial charge >= 0.3 is 0 Å². The summed E-state index contributed by atoms with van der Waals surface area (Å²) < 4.78 is 38.9. The number of halogens is 3. The number of hydrogen-bond acceptors (Lipinski definition) is 1. The smallest absolute Gasteiger partial charge is 0.159 e. The molecule has 0 atom stereocenters. The van der Waals surface area contributed by atoms with Gasteiger partial charge in [-0.1, -0.05) is 12.1 Å². The maximum atomic E-state index is 13.3. The van der Waals surface area contributed by atoms with E-state index in [2.05, 4.69) is 5.32 Å². The van der Waals surface area contributed by atoms with Crippen molar-refractivity contribution in [3.63, 3.8) is 0 Å². The second kappa shape index (κ2) is 5.12. The van der Waals surface area contributed by atoms with E-state index in [1.165, 1.54) is 12.1 Å². The molecular formula is C14H12F3N. The summed E-state index contributed by atoms with van der Waals surface area (Å²) in [6, 6.07) is 8.43. The zero-order chi connectivity index (χ0) is 13.1. The van der Waals surface area contributed by atoms with Crippen LogP contribution in [-0.2, 0) is 6.54 Å². The topological polar surface area (TPSA) is 12.0 Å². The Bertz CT molecular complexity index is 515. The van der Waals surface area contributed by atoms with Crippen LogP contribution in [0.1, 0.15) is 11.1 Å². The molecule has 4 heteroatoms. The monoisotopic (exact) mass is 251 g/mol. The van der Waals surface area contributed by atoms with E-state index < -0.39 is 11.6 Å². The molecule has 0 heterocycles. The average molecular weight is 251 g/mol. The highest BCUT2D eigenvalue weighted by atomic mass is 19.2. The van der Waals surface area contributed by atoms with E-state index in [0.717, 1.165) is 12.1 Å². The van der Waals surface area contributed by atoms with Crippen molar-refractivity contribution in [2.45, 2.75) is 13.5 Å². The van der Waals surface area contributed by atoms with Gasteiger partial charge in [0.25, 0.3) is 0 Å². The predicted octanol–water partition coefficient (Wildman–Crippen LogP) is 4.02. The quantitative estimate of drug-likeness (QED) is 0.868.